The van der Waals surface area contributed by atoms with Crippen molar-refractivity contribution < 1.29 is 22.7 Å². The topological polar surface area (TPSA) is 77.2 Å². The van der Waals surface area contributed by atoms with Crippen LogP contribution in [0.1, 0.15) is 12.0 Å². The number of alkyl halides is 3. The molecule has 0 amide bonds. The molecule has 0 bridgehead atoms. The summed E-state index contributed by atoms with van der Waals surface area (Å²) in [6.07, 6.45) is -4.47. The van der Waals surface area contributed by atoms with Crippen molar-refractivity contribution in [1.29, 1.82) is 0 Å². The summed E-state index contributed by atoms with van der Waals surface area (Å²) in [4.78, 5) is 14.5. The summed E-state index contributed by atoms with van der Waals surface area (Å²) in [6, 6.07) is 1.57. The molecule has 18 heavy (non-hydrogen) atoms. The van der Waals surface area contributed by atoms with Crippen molar-refractivity contribution in [1.82, 2.24) is 4.98 Å². The summed E-state index contributed by atoms with van der Waals surface area (Å²) < 4.78 is 41.8. The Hall–Kier alpha value is -1.99. The number of anilines is 2. The molecule has 0 spiro atoms. The van der Waals surface area contributed by atoms with Crippen molar-refractivity contribution >= 4 is 17.6 Å². The predicted octanol–water partition coefficient (Wildman–Crippen LogP) is 1.66. The highest BCUT2D eigenvalue weighted by molar-refractivity contribution is 5.69. The first kappa shape index (κ1) is 14.1. The molecule has 100 valence electrons. The Morgan fingerprint density at radius 3 is 2.72 bits per heavy atom. The van der Waals surface area contributed by atoms with E-state index in [4.69, 9.17) is 5.73 Å². The van der Waals surface area contributed by atoms with Crippen LogP contribution in [0.4, 0.5) is 24.8 Å². The zero-order valence-electron chi connectivity index (χ0n) is 9.54. The lowest BCUT2D eigenvalue weighted by atomic mass is 10.2. The number of nitrogens with one attached hydrogen (secondary N) is 1. The number of hydrogen-bond acceptors (Lipinski definition) is 5. The van der Waals surface area contributed by atoms with E-state index in [0.29, 0.717) is 0 Å². The number of esters is 1. The standard InChI is InChI=1S/C10H12F3N3O2/c1-18-9(17)2-3-15-8-5-6(10(11,12)13)4-7(14)16-8/h4-5H,2-3H2,1H3,(H3,14,15,16). The van der Waals surface area contributed by atoms with Crippen molar-refractivity contribution in [2.24, 2.45) is 0 Å². The highest BCUT2D eigenvalue weighted by atomic mass is 19.4. The summed E-state index contributed by atoms with van der Waals surface area (Å²) in [5.41, 5.74) is 4.38. The van der Waals surface area contributed by atoms with E-state index < -0.39 is 17.7 Å². The van der Waals surface area contributed by atoms with Gasteiger partial charge in [0.1, 0.15) is 11.6 Å². The summed E-state index contributed by atoms with van der Waals surface area (Å²) in [5.74, 6) is -0.751. The number of methoxy groups -OCH3 is 1. The van der Waals surface area contributed by atoms with Crippen molar-refractivity contribution in [2.75, 3.05) is 24.7 Å². The number of nitrogen functional groups attached to an aromatic ring is 1. The number of rotatable bonds is 4. The predicted molar refractivity (Wildman–Crippen MR) is 58.8 cm³/mol. The van der Waals surface area contributed by atoms with Gasteiger partial charge in [0.25, 0.3) is 0 Å². The summed E-state index contributed by atoms with van der Waals surface area (Å²) in [6.45, 7) is 0.112. The third-order valence-electron chi connectivity index (χ3n) is 2.04. The minimum atomic E-state index is -4.49. The monoisotopic (exact) mass is 263 g/mol. The van der Waals surface area contributed by atoms with Crippen LogP contribution in [0.2, 0.25) is 0 Å². The Morgan fingerprint density at radius 2 is 2.17 bits per heavy atom. The average molecular weight is 263 g/mol. The van der Waals surface area contributed by atoms with Gasteiger partial charge in [0.05, 0.1) is 19.1 Å². The van der Waals surface area contributed by atoms with Crippen LogP contribution < -0.4 is 11.1 Å². The van der Waals surface area contributed by atoms with Gasteiger partial charge in [-0.05, 0) is 12.1 Å². The maximum absolute atomic E-state index is 12.5. The molecule has 1 aromatic heterocycles. The number of aromatic nitrogens is 1. The van der Waals surface area contributed by atoms with Gasteiger partial charge in [0.2, 0.25) is 0 Å². The quantitative estimate of drug-likeness (QED) is 0.808. The van der Waals surface area contributed by atoms with E-state index in [1.807, 2.05) is 0 Å². The highest BCUT2D eigenvalue weighted by Crippen LogP contribution is 2.31. The summed E-state index contributed by atoms with van der Waals surface area (Å²) in [7, 11) is 1.23. The van der Waals surface area contributed by atoms with Gasteiger partial charge in [-0.15, -0.1) is 0 Å². The van der Waals surface area contributed by atoms with Crippen LogP contribution in [0.5, 0.6) is 0 Å². The number of hydrogen-bond donors (Lipinski definition) is 2. The van der Waals surface area contributed by atoms with Crippen molar-refractivity contribution in [2.45, 2.75) is 12.6 Å². The van der Waals surface area contributed by atoms with Crippen LogP contribution in [-0.2, 0) is 15.7 Å². The lowest BCUT2D eigenvalue weighted by molar-refractivity contribution is -0.140. The molecule has 0 saturated heterocycles. The second kappa shape index (κ2) is 5.56. The van der Waals surface area contributed by atoms with E-state index in [2.05, 4.69) is 15.0 Å². The Balaban J connectivity index is 2.72. The molecule has 0 aliphatic rings. The summed E-state index contributed by atoms with van der Waals surface area (Å²) in [5, 5.41) is 2.57. The Bertz CT molecular complexity index is 435. The van der Waals surface area contributed by atoms with Crippen molar-refractivity contribution in [3.05, 3.63) is 17.7 Å². The molecule has 1 aromatic rings. The van der Waals surface area contributed by atoms with E-state index in [0.717, 1.165) is 12.1 Å². The number of halogens is 3. The second-order valence-electron chi connectivity index (χ2n) is 3.42. The first-order valence-corrected chi connectivity index (χ1v) is 4.98. The molecule has 0 unspecified atom stereocenters. The van der Waals surface area contributed by atoms with Gasteiger partial charge < -0.3 is 15.8 Å². The molecule has 1 heterocycles. The minimum absolute atomic E-state index is 0.0222. The minimum Gasteiger partial charge on any atom is -0.469 e. The van der Waals surface area contributed by atoms with E-state index in [9.17, 15) is 18.0 Å². The van der Waals surface area contributed by atoms with Gasteiger partial charge in [-0.2, -0.15) is 13.2 Å². The van der Waals surface area contributed by atoms with Crippen molar-refractivity contribution in [3.8, 4) is 0 Å². The maximum Gasteiger partial charge on any atom is 0.416 e. The molecule has 0 fully saturated rings. The van der Waals surface area contributed by atoms with E-state index >= 15 is 0 Å². The highest BCUT2D eigenvalue weighted by Gasteiger charge is 2.31. The molecule has 8 heteroatoms. The third-order valence-corrected chi connectivity index (χ3v) is 2.04. The molecule has 0 aliphatic carbocycles. The van der Waals surface area contributed by atoms with Gasteiger partial charge in [-0.3, -0.25) is 4.79 Å². The zero-order chi connectivity index (χ0) is 13.8. The van der Waals surface area contributed by atoms with Gasteiger partial charge in [-0.1, -0.05) is 0 Å². The average Bonchev–Trinajstić information content (AvgIpc) is 2.27. The number of carbonyl (C=O) groups excluding carboxylic acids is 1. The van der Waals surface area contributed by atoms with Gasteiger partial charge >= 0.3 is 12.1 Å². The molecule has 0 atom stereocenters. The fourth-order valence-electron chi connectivity index (χ4n) is 1.20. The van der Waals surface area contributed by atoms with Crippen LogP contribution in [0.15, 0.2) is 12.1 Å². The van der Waals surface area contributed by atoms with E-state index in [-0.39, 0.29) is 24.6 Å². The molecule has 0 aromatic carbocycles. The van der Waals surface area contributed by atoms with E-state index in [1.54, 1.807) is 0 Å². The third kappa shape index (κ3) is 4.11. The number of carbonyl (C=O) groups is 1. The fraction of sp³-hybridized carbons (Fsp3) is 0.400. The van der Waals surface area contributed by atoms with Gasteiger partial charge in [0, 0.05) is 6.54 Å². The van der Waals surface area contributed by atoms with Crippen LogP contribution in [-0.4, -0.2) is 24.6 Å². The van der Waals surface area contributed by atoms with Gasteiger partial charge in [0.15, 0.2) is 0 Å². The number of pyridine rings is 1. The largest absolute Gasteiger partial charge is 0.469 e. The lowest BCUT2D eigenvalue weighted by Crippen LogP contribution is -2.13. The van der Waals surface area contributed by atoms with Crippen LogP contribution >= 0.6 is 0 Å². The molecular weight excluding hydrogens is 251 g/mol. The molecule has 3 N–H and O–H groups in total. The number of ether oxygens (including phenoxy) is 1. The molecular formula is C10H12F3N3O2. The van der Waals surface area contributed by atoms with Crippen molar-refractivity contribution in [3.63, 3.8) is 0 Å². The zero-order valence-corrected chi connectivity index (χ0v) is 9.54. The smallest absolute Gasteiger partial charge is 0.416 e. The first-order valence-electron chi connectivity index (χ1n) is 4.98. The van der Waals surface area contributed by atoms with Gasteiger partial charge in [-0.25, -0.2) is 4.98 Å². The van der Waals surface area contributed by atoms with E-state index in [1.165, 1.54) is 7.11 Å². The van der Waals surface area contributed by atoms with Crippen LogP contribution in [0, 0.1) is 0 Å². The number of nitrogens with two attached hydrogens (primary N) is 1. The SMILES string of the molecule is COC(=O)CCNc1cc(C(F)(F)F)cc(N)n1. The fourth-order valence-corrected chi connectivity index (χ4v) is 1.20. The van der Waals surface area contributed by atoms with Crippen LogP contribution in [0.25, 0.3) is 0 Å². The van der Waals surface area contributed by atoms with Crippen LogP contribution in [0.3, 0.4) is 0 Å². The Kier molecular flexibility index (Phi) is 4.35. The first-order chi connectivity index (χ1) is 8.32. The molecule has 0 aliphatic heterocycles. The molecule has 0 saturated carbocycles. The normalized spacial score (nSPS) is 11.1. The Labute approximate surface area is 101 Å². The Morgan fingerprint density at radius 1 is 1.50 bits per heavy atom. The molecule has 5 nitrogen and oxygen atoms in total. The molecule has 1 rings (SSSR count). The summed E-state index contributed by atoms with van der Waals surface area (Å²) >= 11 is 0. The lowest BCUT2D eigenvalue weighted by Gasteiger charge is -2.10. The number of nitrogens with zero attached hydrogens (tertiary/aromatic N) is 1. The molecule has 0 radical (unpaired) electrons. The maximum atomic E-state index is 12.5. The second-order valence-corrected chi connectivity index (χ2v) is 3.42.